The van der Waals surface area contributed by atoms with Gasteiger partial charge in [-0.05, 0) is 85.8 Å². The van der Waals surface area contributed by atoms with Crippen LogP contribution in [0.15, 0.2) is 64.8 Å². The van der Waals surface area contributed by atoms with E-state index in [0.717, 1.165) is 88.1 Å². The quantitative estimate of drug-likeness (QED) is 0.274. The summed E-state index contributed by atoms with van der Waals surface area (Å²) in [5.74, 6) is 0.811. The number of amides is 1. The molecule has 4 heterocycles. The molecule has 2 aromatic heterocycles. The summed E-state index contributed by atoms with van der Waals surface area (Å²) < 4.78 is 7.28. The number of rotatable bonds is 7. The Labute approximate surface area is 238 Å². The number of benzene rings is 2. The summed E-state index contributed by atoms with van der Waals surface area (Å²) in [5.41, 5.74) is 2.11. The molecule has 0 spiro atoms. The van der Waals surface area contributed by atoms with E-state index in [0.29, 0.717) is 6.61 Å². The van der Waals surface area contributed by atoms with Crippen molar-refractivity contribution in [1.29, 1.82) is 0 Å². The van der Waals surface area contributed by atoms with Crippen LogP contribution in [0, 0.1) is 0 Å². The molecule has 8 nitrogen and oxygen atoms in total. The van der Waals surface area contributed by atoms with Crippen molar-refractivity contribution in [2.75, 3.05) is 57.3 Å². The van der Waals surface area contributed by atoms with Crippen molar-refractivity contribution in [3.05, 3.63) is 70.3 Å². The minimum absolute atomic E-state index is 0.0863. The van der Waals surface area contributed by atoms with Crippen LogP contribution in [0.1, 0.15) is 32.1 Å². The normalized spacial score (nSPS) is 16.1. The molecule has 0 unspecified atom stereocenters. The maximum absolute atomic E-state index is 11.5. The van der Waals surface area contributed by atoms with Crippen LogP contribution in [-0.4, -0.2) is 78.4 Å². The molecule has 9 heteroatoms. The Kier molecular flexibility index (Phi) is 9.57. The molecule has 0 radical (unpaired) electrons. The van der Waals surface area contributed by atoms with E-state index in [2.05, 4.69) is 44.4 Å². The first-order valence-electron chi connectivity index (χ1n) is 14.2. The number of carboxylic acid groups (broad SMARTS) is 1. The van der Waals surface area contributed by atoms with Gasteiger partial charge in [-0.2, -0.15) is 0 Å². The maximum Gasteiger partial charge on any atom is 0.407 e. The number of anilines is 1. The molecular formula is C31H38N4O4S. The number of aromatic nitrogens is 1. The Balaban J connectivity index is 0.000000306. The molecular weight excluding hydrogens is 524 g/mol. The zero-order chi connectivity index (χ0) is 27.7. The topological polar surface area (TPSA) is 89.1 Å². The van der Waals surface area contributed by atoms with E-state index in [1.807, 2.05) is 35.6 Å². The number of ether oxygens (including phenoxy) is 1. The molecule has 2 aliphatic heterocycles. The largest absolute Gasteiger partial charge is 0.494 e. The van der Waals surface area contributed by atoms with Crippen molar-refractivity contribution in [2.24, 2.45) is 0 Å². The first kappa shape index (κ1) is 28.0. The van der Waals surface area contributed by atoms with Gasteiger partial charge in [0.2, 0.25) is 5.56 Å². The summed E-state index contributed by atoms with van der Waals surface area (Å²) in [6.45, 7) is 7.67. The van der Waals surface area contributed by atoms with Crippen molar-refractivity contribution in [3.63, 3.8) is 0 Å². The number of fused-ring (bicyclic) bond motifs is 2. The number of aromatic amines is 1. The predicted octanol–water partition coefficient (Wildman–Crippen LogP) is 5.87. The smallest absolute Gasteiger partial charge is 0.407 e. The lowest BCUT2D eigenvalue weighted by Gasteiger charge is -2.36. The summed E-state index contributed by atoms with van der Waals surface area (Å²) >= 11 is 1.82. The fraction of sp³-hybridized carbons (Fsp3) is 0.419. The van der Waals surface area contributed by atoms with Gasteiger partial charge in [0.05, 0.1) is 12.1 Å². The Bertz CT molecular complexity index is 1450. The minimum Gasteiger partial charge on any atom is -0.494 e. The van der Waals surface area contributed by atoms with E-state index in [9.17, 15) is 9.59 Å². The molecule has 2 aliphatic rings. The van der Waals surface area contributed by atoms with Crippen molar-refractivity contribution in [1.82, 2.24) is 14.8 Å². The Morgan fingerprint density at radius 1 is 0.925 bits per heavy atom. The maximum atomic E-state index is 11.5. The van der Waals surface area contributed by atoms with E-state index in [4.69, 9.17) is 9.84 Å². The van der Waals surface area contributed by atoms with Crippen LogP contribution >= 0.6 is 11.3 Å². The third kappa shape index (κ3) is 7.34. The second kappa shape index (κ2) is 13.7. The van der Waals surface area contributed by atoms with Gasteiger partial charge in [-0.3, -0.25) is 9.69 Å². The van der Waals surface area contributed by atoms with Crippen molar-refractivity contribution < 1.29 is 14.6 Å². The van der Waals surface area contributed by atoms with Gasteiger partial charge in [-0.25, -0.2) is 4.79 Å². The first-order chi connectivity index (χ1) is 19.6. The van der Waals surface area contributed by atoms with Crippen LogP contribution in [-0.2, 0) is 0 Å². The number of likely N-dealkylation sites (tertiary alicyclic amines) is 1. The predicted molar refractivity (Wildman–Crippen MR) is 163 cm³/mol. The second-order valence-electron chi connectivity index (χ2n) is 10.4. The van der Waals surface area contributed by atoms with Crippen LogP contribution in [0.4, 0.5) is 10.5 Å². The molecule has 40 heavy (non-hydrogen) atoms. The molecule has 0 saturated carbocycles. The number of carbonyl (C=O) groups is 1. The number of thiophene rings is 1. The van der Waals surface area contributed by atoms with E-state index >= 15 is 0 Å². The lowest BCUT2D eigenvalue weighted by molar-refractivity contribution is 0.136. The van der Waals surface area contributed by atoms with Gasteiger partial charge in [0.15, 0.2) is 0 Å². The fourth-order valence-corrected chi connectivity index (χ4v) is 6.20. The summed E-state index contributed by atoms with van der Waals surface area (Å²) in [6, 6.07) is 18.1. The molecule has 2 fully saturated rings. The van der Waals surface area contributed by atoms with Gasteiger partial charge in [-0.15, -0.1) is 11.3 Å². The summed E-state index contributed by atoms with van der Waals surface area (Å²) in [6.07, 6.45) is 4.64. The van der Waals surface area contributed by atoms with E-state index in [1.165, 1.54) is 27.1 Å². The third-order valence-corrected chi connectivity index (χ3v) is 8.53. The average Bonchev–Trinajstić information content (AvgIpc) is 3.47. The molecule has 2 aromatic carbocycles. The highest BCUT2D eigenvalue weighted by molar-refractivity contribution is 7.17. The lowest BCUT2D eigenvalue weighted by Crippen LogP contribution is -2.46. The van der Waals surface area contributed by atoms with Gasteiger partial charge in [0.1, 0.15) is 5.75 Å². The number of hydrogen-bond acceptors (Lipinski definition) is 6. The van der Waals surface area contributed by atoms with Crippen molar-refractivity contribution in [2.45, 2.75) is 32.1 Å². The van der Waals surface area contributed by atoms with Crippen LogP contribution in [0.3, 0.4) is 0 Å². The van der Waals surface area contributed by atoms with E-state index < -0.39 is 6.09 Å². The Hall–Kier alpha value is -3.56. The number of hydrogen-bond donors (Lipinski definition) is 2. The second-order valence-corrected chi connectivity index (χ2v) is 11.3. The third-order valence-electron chi connectivity index (χ3n) is 7.65. The molecule has 1 amide bonds. The SMILES string of the molecule is O=C(O)N1CCCCC1.O=c1ccc2ccc(OCCCCN3CCN(c4cccc5sccc45)CC3)cc2[nH]1. The zero-order valence-corrected chi connectivity index (χ0v) is 23.7. The molecule has 4 aromatic rings. The summed E-state index contributed by atoms with van der Waals surface area (Å²) in [5, 5.41) is 13.0. The van der Waals surface area contributed by atoms with Crippen LogP contribution in [0.5, 0.6) is 5.75 Å². The van der Waals surface area contributed by atoms with Gasteiger partial charge >= 0.3 is 6.09 Å². The highest BCUT2D eigenvalue weighted by Crippen LogP contribution is 2.31. The molecule has 0 aliphatic carbocycles. The van der Waals surface area contributed by atoms with Gasteiger partial charge in [-0.1, -0.05) is 6.07 Å². The fourth-order valence-electron chi connectivity index (χ4n) is 5.40. The number of piperazine rings is 1. The molecule has 2 saturated heterocycles. The Morgan fingerprint density at radius 3 is 2.50 bits per heavy atom. The highest BCUT2D eigenvalue weighted by atomic mass is 32.1. The van der Waals surface area contributed by atoms with Gasteiger partial charge < -0.3 is 24.6 Å². The highest BCUT2D eigenvalue weighted by Gasteiger charge is 2.18. The van der Waals surface area contributed by atoms with E-state index in [1.54, 1.807) is 6.07 Å². The number of piperidine rings is 1. The number of unbranched alkanes of at least 4 members (excludes halogenated alkanes) is 1. The summed E-state index contributed by atoms with van der Waals surface area (Å²) in [7, 11) is 0. The molecule has 2 N–H and O–H groups in total. The molecule has 0 bridgehead atoms. The lowest BCUT2D eigenvalue weighted by atomic mass is 10.1. The number of nitrogens with one attached hydrogen (secondary N) is 1. The van der Waals surface area contributed by atoms with Gasteiger partial charge in [0, 0.05) is 67.2 Å². The number of pyridine rings is 1. The molecule has 6 rings (SSSR count). The number of nitrogens with zero attached hydrogens (tertiary/aromatic N) is 3. The standard InChI is InChI=1S/C25H27N3O2S.C6H11NO2/c29-25-9-7-19-6-8-20(18-22(19)26-25)30-16-2-1-11-27-12-14-28(15-13-27)23-4-3-5-24-21(23)10-17-31-24;8-6(9)7-4-2-1-3-5-7/h3-10,17-18H,1-2,11-16H2,(H,26,29);1-5H2,(H,8,9). The van der Waals surface area contributed by atoms with E-state index in [-0.39, 0.29) is 5.56 Å². The Morgan fingerprint density at radius 2 is 1.73 bits per heavy atom. The number of H-pyrrole nitrogens is 1. The molecule has 0 atom stereocenters. The summed E-state index contributed by atoms with van der Waals surface area (Å²) in [4.78, 5) is 31.2. The van der Waals surface area contributed by atoms with Crippen molar-refractivity contribution in [3.8, 4) is 5.75 Å². The van der Waals surface area contributed by atoms with Crippen LogP contribution in [0.25, 0.3) is 21.0 Å². The van der Waals surface area contributed by atoms with Crippen molar-refractivity contribution >= 4 is 44.1 Å². The monoisotopic (exact) mass is 562 g/mol. The molecule has 212 valence electrons. The minimum atomic E-state index is -0.769. The first-order valence-corrected chi connectivity index (χ1v) is 15.1. The zero-order valence-electron chi connectivity index (χ0n) is 22.9. The van der Waals surface area contributed by atoms with Crippen LogP contribution in [0.2, 0.25) is 0 Å². The average molecular weight is 563 g/mol. The van der Waals surface area contributed by atoms with Gasteiger partial charge in [0.25, 0.3) is 0 Å². The van der Waals surface area contributed by atoms with Crippen LogP contribution < -0.4 is 15.2 Å².